The van der Waals surface area contributed by atoms with Crippen molar-refractivity contribution in [2.45, 2.75) is 32.2 Å². The first-order valence-electron chi connectivity index (χ1n) is 8.57. The number of aryl methyl sites for hydroxylation is 1. The normalized spacial score (nSPS) is 17.9. The predicted octanol–water partition coefficient (Wildman–Crippen LogP) is 2.52. The fourth-order valence-corrected chi connectivity index (χ4v) is 3.36. The number of carbonyl (C=O) groups is 1. The van der Waals surface area contributed by atoms with Gasteiger partial charge in [0.2, 0.25) is 5.91 Å². The molecular weight excluding hydrogens is 316 g/mol. The van der Waals surface area contributed by atoms with Crippen molar-refractivity contribution in [1.29, 1.82) is 0 Å². The van der Waals surface area contributed by atoms with E-state index in [2.05, 4.69) is 32.2 Å². The number of hydrogen-bond acceptors (Lipinski definition) is 5. The number of rotatable bonds is 4. The van der Waals surface area contributed by atoms with E-state index in [1.165, 1.54) is 6.33 Å². The Bertz CT molecular complexity index is 891. The highest BCUT2D eigenvalue weighted by molar-refractivity contribution is 6.00. The number of nitrogens with one attached hydrogen (secondary N) is 2. The molecule has 7 nitrogen and oxygen atoms in total. The van der Waals surface area contributed by atoms with Crippen LogP contribution < -0.4 is 10.2 Å². The van der Waals surface area contributed by atoms with Gasteiger partial charge in [-0.2, -0.15) is 0 Å². The lowest BCUT2D eigenvalue weighted by molar-refractivity contribution is -0.120. The summed E-state index contributed by atoms with van der Waals surface area (Å²) in [4.78, 5) is 30.7. The topological polar surface area (TPSA) is 86.8 Å². The zero-order chi connectivity index (χ0) is 17.2. The third-order valence-electron chi connectivity index (χ3n) is 4.64. The molecule has 1 aliphatic rings. The van der Waals surface area contributed by atoms with Crippen LogP contribution in [0.2, 0.25) is 0 Å². The number of aromatic amines is 1. The fraction of sp³-hybridized carbons (Fsp3) is 0.333. The largest absolute Gasteiger partial charge is 0.358 e. The van der Waals surface area contributed by atoms with Crippen molar-refractivity contribution in [1.82, 2.24) is 19.9 Å². The minimum Gasteiger partial charge on any atom is -0.358 e. The highest BCUT2D eigenvalue weighted by Crippen LogP contribution is 2.27. The summed E-state index contributed by atoms with van der Waals surface area (Å²) in [5.74, 6) is 0.772. The lowest BCUT2D eigenvalue weighted by Crippen LogP contribution is -2.48. The standard InChI is InChI=1S/C18H20N6O/c1-2-12-9-20-16-15(12)17(22-11-21-16)23-14-6-4-8-24(18(14)25)13-5-3-7-19-10-13/h3,5,7,9-11,14H,2,4,6,8H2,1H3,(H2,20,21,22,23). The molecule has 1 saturated heterocycles. The van der Waals surface area contributed by atoms with Gasteiger partial charge in [0.05, 0.1) is 17.3 Å². The predicted molar refractivity (Wildman–Crippen MR) is 96.5 cm³/mol. The molecule has 0 bridgehead atoms. The molecule has 0 radical (unpaired) electrons. The number of pyridine rings is 1. The molecule has 1 amide bonds. The van der Waals surface area contributed by atoms with Gasteiger partial charge in [-0.1, -0.05) is 6.92 Å². The summed E-state index contributed by atoms with van der Waals surface area (Å²) < 4.78 is 0. The van der Waals surface area contributed by atoms with Gasteiger partial charge in [-0.3, -0.25) is 9.78 Å². The Morgan fingerprint density at radius 1 is 1.40 bits per heavy atom. The minimum absolute atomic E-state index is 0.0552. The SMILES string of the molecule is CCc1c[nH]c2ncnc(NC3CCCN(c4cccnc4)C3=O)c12. The maximum Gasteiger partial charge on any atom is 0.249 e. The molecule has 128 valence electrons. The molecule has 3 aromatic heterocycles. The average Bonchev–Trinajstić information content (AvgIpc) is 3.08. The van der Waals surface area contributed by atoms with E-state index in [1.54, 1.807) is 17.3 Å². The summed E-state index contributed by atoms with van der Waals surface area (Å²) in [5.41, 5.74) is 2.77. The number of aromatic nitrogens is 4. The maximum absolute atomic E-state index is 12.9. The third kappa shape index (κ3) is 2.82. The Labute approximate surface area is 145 Å². The van der Waals surface area contributed by atoms with Crippen molar-refractivity contribution < 1.29 is 4.79 Å². The molecule has 1 fully saturated rings. The second-order valence-corrected chi connectivity index (χ2v) is 6.15. The number of carbonyl (C=O) groups excluding carboxylic acids is 1. The van der Waals surface area contributed by atoms with Crippen LogP contribution in [0.3, 0.4) is 0 Å². The first kappa shape index (κ1) is 15.6. The van der Waals surface area contributed by atoms with E-state index in [4.69, 9.17) is 0 Å². The molecule has 0 aromatic carbocycles. The van der Waals surface area contributed by atoms with Gasteiger partial charge in [0.25, 0.3) is 0 Å². The number of fused-ring (bicyclic) bond motifs is 1. The second kappa shape index (κ2) is 6.51. The van der Waals surface area contributed by atoms with E-state index in [0.717, 1.165) is 47.4 Å². The third-order valence-corrected chi connectivity index (χ3v) is 4.64. The second-order valence-electron chi connectivity index (χ2n) is 6.15. The first-order chi connectivity index (χ1) is 12.3. The van der Waals surface area contributed by atoms with E-state index >= 15 is 0 Å². The Kier molecular flexibility index (Phi) is 4.05. The highest BCUT2D eigenvalue weighted by atomic mass is 16.2. The number of piperidine rings is 1. The Morgan fingerprint density at radius 3 is 3.12 bits per heavy atom. The molecule has 4 heterocycles. The molecule has 1 aliphatic heterocycles. The van der Waals surface area contributed by atoms with Crippen molar-refractivity contribution in [3.8, 4) is 0 Å². The molecule has 0 spiro atoms. The molecule has 25 heavy (non-hydrogen) atoms. The zero-order valence-corrected chi connectivity index (χ0v) is 14.1. The fourth-order valence-electron chi connectivity index (χ4n) is 3.36. The van der Waals surface area contributed by atoms with E-state index < -0.39 is 0 Å². The van der Waals surface area contributed by atoms with Crippen LogP contribution in [0.1, 0.15) is 25.3 Å². The van der Waals surface area contributed by atoms with Crippen LogP contribution in [0.5, 0.6) is 0 Å². The molecule has 0 saturated carbocycles. The van der Waals surface area contributed by atoms with E-state index in [-0.39, 0.29) is 11.9 Å². The summed E-state index contributed by atoms with van der Waals surface area (Å²) in [6, 6.07) is 3.46. The Morgan fingerprint density at radius 2 is 2.32 bits per heavy atom. The van der Waals surface area contributed by atoms with E-state index in [1.807, 2.05) is 18.3 Å². The summed E-state index contributed by atoms with van der Waals surface area (Å²) in [7, 11) is 0. The van der Waals surface area contributed by atoms with E-state index in [0.29, 0.717) is 6.54 Å². The zero-order valence-electron chi connectivity index (χ0n) is 14.1. The van der Waals surface area contributed by atoms with Crippen LogP contribution >= 0.6 is 0 Å². The van der Waals surface area contributed by atoms with E-state index in [9.17, 15) is 4.79 Å². The molecule has 1 unspecified atom stereocenters. The number of nitrogens with zero attached hydrogens (tertiary/aromatic N) is 4. The Balaban J connectivity index is 1.63. The van der Waals surface area contributed by atoms with Gasteiger partial charge in [-0.15, -0.1) is 0 Å². The molecule has 7 heteroatoms. The monoisotopic (exact) mass is 336 g/mol. The van der Waals surface area contributed by atoms with Crippen molar-refractivity contribution in [3.63, 3.8) is 0 Å². The number of H-pyrrole nitrogens is 1. The molecule has 0 aliphatic carbocycles. The van der Waals surface area contributed by atoms with Crippen LogP contribution in [-0.2, 0) is 11.2 Å². The summed E-state index contributed by atoms with van der Waals surface area (Å²) in [5, 5.41) is 4.32. The van der Waals surface area contributed by atoms with Gasteiger partial charge < -0.3 is 15.2 Å². The van der Waals surface area contributed by atoms with Gasteiger partial charge in [0.1, 0.15) is 23.8 Å². The number of anilines is 2. The lowest BCUT2D eigenvalue weighted by atomic mass is 10.0. The summed E-state index contributed by atoms with van der Waals surface area (Å²) in [6.45, 7) is 2.81. The molecule has 4 rings (SSSR count). The highest BCUT2D eigenvalue weighted by Gasteiger charge is 2.30. The molecule has 2 N–H and O–H groups in total. The molecular formula is C18H20N6O. The summed E-state index contributed by atoms with van der Waals surface area (Å²) >= 11 is 0. The van der Waals surface area contributed by atoms with Gasteiger partial charge in [-0.05, 0) is 37.0 Å². The van der Waals surface area contributed by atoms with Crippen molar-refractivity contribution >= 4 is 28.4 Å². The molecule has 1 atom stereocenters. The molecule has 3 aromatic rings. The van der Waals surface area contributed by atoms with Crippen molar-refractivity contribution in [2.24, 2.45) is 0 Å². The Hall–Kier alpha value is -2.96. The maximum atomic E-state index is 12.9. The quantitative estimate of drug-likeness (QED) is 0.764. The summed E-state index contributed by atoms with van der Waals surface area (Å²) in [6.07, 6.45) is 9.51. The van der Waals surface area contributed by atoms with Crippen molar-refractivity contribution in [3.05, 3.63) is 42.6 Å². The minimum atomic E-state index is -0.299. The van der Waals surface area contributed by atoms with Gasteiger partial charge >= 0.3 is 0 Å². The lowest BCUT2D eigenvalue weighted by Gasteiger charge is -2.32. The van der Waals surface area contributed by atoms with Crippen molar-refractivity contribution in [2.75, 3.05) is 16.8 Å². The first-order valence-corrected chi connectivity index (χ1v) is 8.57. The van der Waals surface area contributed by atoms with Crippen LogP contribution in [-0.4, -0.2) is 38.4 Å². The number of hydrogen-bond donors (Lipinski definition) is 2. The average molecular weight is 336 g/mol. The van der Waals surface area contributed by atoms with Crippen LogP contribution in [0.25, 0.3) is 11.0 Å². The van der Waals surface area contributed by atoms with Crippen LogP contribution in [0.15, 0.2) is 37.1 Å². The van der Waals surface area contributed by atoms with Crippen LogP contribution in [0.4, 0.5) is 11.5 Å². The van der Waals surface area contributed by atoms with Crippen LogP contribution in [0, 0.1) is 0 Å². The number of amides is 1. The van der Waals surface area contributed by atoms with Gasteiger partial charge in [0.15, 0.2) is 0 Å². The van der Waals surface area contributed by atoms with Gasteiger partial charge in [-0.25, -0.2) is 9.97 Å². The van der Waals surface area contributed by atoms with Gasteiger partial charge in [0, 0.05) is 18.9 Å². The smallest absolute Gasteiger partial charge is 0.249 e.